The van der Waals surface area contributed by atoms with Crippen molar-refractivity contribution in [3.8, 4) is 0 Å². The lowest BCUT2D eigenvalue weighted by atomic mass is 9.87. The van der Waals surface area contributed by atoms with Crippen molar-refractivity contribution in [3.63, 3.8) is 0 Å². The fourth-order valence-corrected chi connectivity index (χ4v) is 2.15. The van der Waals surface area contributed by atoms with Crippen LogP contribution in [-0.4, -0.2) is 34.5 Å². The van der Waals surface area contributed by atoms with Gasteiger partial charge in [-0.15, -0.1) is 0 Å². The van der Waals surface area contributed by atoms with Gasteiger partial charge in [-0.1, -0.05) is 6.92 Å². The molecule has 2 aliphatic rings. The van der Waals surface area contributed by atoms with Gasteiger partial charge < -0.3 is 15.5 Å². The van der Waals surface area contributed by atoms with Gasteiger partial charge in [0, 0.05) is 12.1 Å². The van der Waals surface area contributed by atoms with Crippen LogP contribution < -0.4 is 5.32 Å². The van der Waals surface area contributed by atoms with Crippen LogP contribution in [0, 0.1) is 5.92 Å². The molecule has 0 radical (unpaired) electrons. The van der Waals surface area contributed by atoms with Gasteiger partial charge in [0.1, 0.15) is 0 Å². The third kappa shape index (κ3) is 0.654. The van der Waals surface area contributed by atoms with Crippen LogP contribution in [0.3, 0.4) is 0 Å². The van der Waals surface area contributed by atoms with Crippen molar-refractivity contribution in [2.24, 2.45) is 5.92 Å². The molecule has 0 amide bonds. The Morgan fingerprint density at radius 1 is 1.30 bits per heavy atom. The zero-order valence-corrected chi connectivity index (χ0v) is 5.99. The minimum absolute atomic E-state index is 0.139. The molecule has 2 rings (SSSR count). The van der Waals surface area contributed by atoms with E-state index in [1.807, 2.05) is 0 Å². The first-order valence-corrected chi connectivity index (χ1v) is 3.82. The maximum absolute atomic E-state index is 9.35. The summed E-state index contributed by atoms with van der Waals surface area (Å²) >= 11 is 0. The van der Waals surface area contributed by atoms with Crippen molar-refractivity contribution in [2.45, 2.75) is 37.6 Å². The van der Waals surface area contributed by atoms with Crippen molar-refractivity contribution in [1.29, 1.82) is 0 Å². The molecule has 2 saturated heterocycles. The SMILES string of the molecule is C[C@H]1CC2NC1C(O)[C@@H]2O. The number of rotatable bonds is 0. The summed E-state index contributed by atoms with van der Waals surface area (Å²) in [5.41, 5.74) is 0. The highest BCUT2D eigenvalue weighted by Gasteiger charge is 2.49. The van der Waals surface area contributed by atoms with E-state index in [-0.39, 0.29) is 12.1 Å². The maximum Gasteiger partial charge on any atom is 0.0969 e. The van der Waals surface area contributed by atoms with E-state index < -0.39 is 12.2 Å². The predicted octanol–water partition coefficient (Wildman–Crippen LogP) is -0.912. The van der Waals surface area contributed by atoms with Crippen molar-refractivity contribution < 1.29 is 10.2 Å². The molecule has 0 aromatic rings. The molecule has 0 aromatic carbocycles. The summed E-state index contributed by atoms with van der Waals surface area (Å²) in [5.74, 6) is 0.517. The molecule has 2 aliphatic heterocycles. The summed E-state index contributed by atoms with van der Waals surface area (Å²) in [6.45, 7) is 2.10. The molecule has 2 fully saturated rings. The van der Waals surface area contributed by atoms with Gasteiger partial charge in [0.25, 0.3) is 0 Å². The number of hydrogen-bond acceptors (Lipinski definition) is 3. The summed E-state index contributed by atoms with van der Waals surface area (Å²) in [4.78, 5) is 0. The van der Waals surface area contributed by atoms with Crippen molar-refractivity contribution >= 4 is 0 Å². The van der Waals surface area contributed by atoms with Gasteiger partial charge in [0.2, 0.25) is 0 Å². The average Bonchev–Trinajstić information content (AvgIpc) is 2.36. The Labute approximate surface area is 60.1 Å². The Hall–Kier alpha value is -0.120. The first-order valence-electron chi connectivity index (χ1n) is 3.82. The summed E-state index contributed by atoms with van der Waals surface area (Å²) in [7, 11) is 0. The van der Waals surface area contributed by atoms with Gasteiger partial charge in [-0.2, -0.15) is 0 Å². The largest absolute Gasteiger partial charge is 0.389 e. The molecule has 5 atom stereocenters. The standard InChI is InChI=1S/C7H13NO2/c1-3-2-4-6(9)7(10)5(3)8-4/h3-10H,2H2,1H3/t3-,4?,5?,6+,7?/m0/s1. The molecule has 0 aromatic heterocycles. The fraction of sp³-hybridized carbons (Fsp3) is 1.00. The van der Waals surface area contributed by atoms with Crippen LogP contribution in [0.5, 0.6) is 0 Å². The highest BCUT2D eigenvalue weighted by atomic mass is 16.3. The number of aliphatic hydroxyl groups is 2. The number of nitrogens with one attached hydrogen (secondary N) is 1. The molecule has 10 heavy (non-hydrogen) atoms. The maximum atomic E-state index is 9.35. The molecule has 3 heteroatoms. The van der Waals surface area contributed by atoms with Crippen LogP contribution in [0.25, 0.3) is 0 Å². The Morgan fingerprint density at radius 2 is 2.00 bits per heavy atom. The second-order valence-electron chi connectivity index (χ2n) is 3.49. The lowest BCUT2D eigenvalue weighted by Crippen LogP contribution is -2.40. The van der Waals surface area contributed by atoms with Crippen LogP contribution in [0.1, 0.15) is 13.3 Å². The normalized spacial score (nSPS) is 59.7. The van der Waals surface area contributed by atoms with E-state index in [4.69, 9.17) is 0 Å². The third-order valence-electron chi connectivity index (χ3n) is 2.78. The Balaban J connectivity index is 2.16. The van der Waals surface area contributed by atoms with E-state index in [1.165, 1.54) is 0 Å². The van der Waals surface area contributed by atoms with Crippen molar-refractivity contribution in [2.75, 3.05) is 0 Å². The predicted molar refractivity (Wildman–Crippen MR) is 36.5 cm³/mol. The molecule has 0 saturated carbocycles. The van der Waals surface area contributed by atoms with E-state index in [0.29, 0.717) is 5.92 Å². The Kier molecular flexibility index (Phi) is 1.27. The van der Waals surface area contributed by atoms with Gasteiger partial charge in [-0.25, -0.2) is 0 Å². The van der Waals surface area contributed by atoms with E-state index in [0.717, 1.165) is 6.42 Å². The van der Waals surface area contributed by atoms with E-state index in [1.54, 1.807) is 0 Å². The molecular formula is C7H13NO2. The van der Waals surface area contributed by atoms with Gasteiger partial charge in [0.15, 0.2) is 0 Å². The summed E-state index contributed by atoms with van der Waals surface area (Å²) in [6, 6.07) is 0.287. The Bertz CT molecular complexity index is 149. The fourth-order valence-electron chi connectivity index (χ4n) is 2.15. The van der Waals surface area contributed by atoms with Gasteiger partial charge >= 0.3 is 0 Å². The van der Waals surface area contributed by atoms with Crippen LogP contribution in [0.15, 0.2) is 0 Å². The van der Waals surface area contributed by atoms with Crippen molar-refractivity contribution in [3.05, 3.63) is 0 Å². The minimum atomic E-state index is -0.534. The minimum Gasteiger partial charge on any atom is -0.389 e. The zero-order valence-electron chi connectivity index (χ0n) is 5.99. The highest BCUT2D eigenvalue weighted by Crippen LogP contribution is 2.33. The van der Waals surface area contributed by atoms with E-state index in [9.17, 15) is 10.2 Å². The number of aliphatic hydroxyl groups excluding tert-OH is 2. The topological polar surface area (TPSA) is 52.5 Å². The first kappa shape index (κ1) is 6.58. The quantitative estimate of drug-likeness (QED) is 0.411. The van der Waals surface area contributed by atoms with Gasteiger partial charge in [0.05, 0.1) is 12.2 Å². The summed E-state index contributed by atoms with van der Waals surface area (Å²) < 4.78 is 0. The molecule has 3 N–H and O–H groups in total. The lowest BCUT2D eigenvalue weighted by Gasteiger charge is -2.24. The number of hydrogen-bond donors (Lipinski definition) is 3. The molecule has 0 aliphatic carbocycles. The van der Waals surface area contributed by atoms with Crippen molar-refractivity contribution in [1.82, 2.24) is 5.32 Å². The van der Waals surface area contributed by atoms with Crippen LogP contribution in [0.2, 0.25) is 0 Å². The van der Waals surface area contributed by atoms with Crippen LogP contribution in [-0.2, 0) is 0 Å². The molecular weight excluding hydrogens is 130 g/mol. The third-order valence-corrected chi connectivity index (χ3v) is 2.78. The van der Waals surface area contributed by atoms with E-state index in [2.05, 4.69) is 12.2 Å². The summed E-state index contributed by atoms with van der Waals surface area (Å²) in [6.07, 6.45) is -0.0574. The second-order valence-corrected chi connectivity index (χ2v) is 3.49. The number of fused-ring (bicyclic) bond motifs is 2. The van der Waals surface area contributed by atoms with Gasteiger partial charge in [-0.3, -0.25) is 0 Å². The molecule has 3 unspecified atom stereocenters. The molecule has 58 valence electrons. The zero-order chi connectivity index (χ0) is 7.30. The first-order chi connectivity index (χ1) is 4.70. The van der Waals surface area contributed by atoms with Crippen LogP contribution >= 0.6 is 0 Å². The monoisotopic (exact) mass is 143 g/mol. The molecule has 0 spiro atoms. The molecule has 2 bridgehead atoms. The lowest BCUT2D eigenvalue weighted by molar-refractivity contribution is 0.000310. The second kappa shape index (κ2) is 1.94. The molecule has 3 nitrogen and oxygen atoms in total. The van der Waals surface area contributed by atoms with E-state index >= 15 is 0 Å². The van der Waals surface area contributed by atoms with Gasteiger partial charge in [-0.05, 0) is 12.3 Å². The average molecular weight is 143 g/mol. The Morgan fingerprint density at radius 3 is 2.40 bits per heavy atom. The highest BCUT2D eigenvalue weighted by molar-refractivity contribution is 5.06. The molecule has 2 heterocycles. The smallest absolute Gasteiger partial charge is 0.0969 e. The van der Waals surface area contributed by atoms with Crippen LogP contribution in [0.4, 0.5) is 0 Å². The summed E-state index contributed by atoms with van der Waals surface area (Å²) in [5, 5.41) is 21.8.